The van der Waals surface area contributed by atoms with Crippen LogP contribution in [0.5, 0.6) is 0 Å². The van der Waals surface area contributed by atoms with Gasteiger partial charge in [-0.15, -0.1) is 0 Å². The third-order valence-corrected chi connectivity index (χ3v) is 5.86. The number of aryl methyl sites for hydroxylation is 1. The van der Waals surface area contributed by atoms with E-state index in [4.69, 9.17) is 11.5 Å². The van der Waals surface area contributed by atoms with Crippen LogP contribution in [0.2, 0.25) is 0 Å². The number of primary amides is 1. The summed E-state index contributed by atoms with van der Waals surface area (Å²) in [5, 5.41) is 3.20. The minimum absolute atomic E-state index is 0.0423. The smallest absolute Gasteiger partial charge is 0.251 e. The van der Waals surface area contributed by atoms with Crippen molar-refractivity contribution < 1.29 is 9.59 Å². The zero-order chi connectivity index (χ0) is 19.8. The number of aromatic nitrogens is 1. The second-order valence-corrected chi connectivity index (χ2v) is 7.78. The molecule has 3 heterocycles. The standard InChI is InChI=1S/C21H25N5O2/c1-12-8-14(22)3-6-18(12)21(28)25-15-9-16-4-5-17(10-15)26(16)19-7-2-13(11-24-19)20(23)27/h2-3,6-8,11,15-17H,4-5,9-10,22H2,1H3,(H2,23,27)(H,25,28)/t15?,16-,17+. The van der Waals surface area contributed by atoms with Gasteiger partial charge in [0.2, 0.25) is 5.91 Å². The fourth-order valence-electron chi connectivity index (χ4n) is 4.56. The summed E-state index contributed by atoms with van der Waals surface area (Å²) >= 11 is 0. The predicted octanol–water partition coefficient (Wildman–Crippen LogP) is 2.00. The normalized spacial score (nSPS) is 23.5. The number of fused-ring (bicyclic) bond motifs is 2. The molecule has 2 saturated heterocycles. The summed E-state index contributed by atoms with van der Waals surface area (Å²) in [4.78, 5) is 30.7. The zero-order valence-electron chi connectivity index (χ0n) is 15.9. The molecule has 5 N–H and O–H groups in total. The van der Waals surface area contributed by atoms with Crippen LogP contribution in [-0.4, -0.2) is 34.9 Å². The van der Waals surface area contributed by atoms with Crippen LogP contribution in [0.4, 0.5) is 11.5 Å². The van der Waals surface area contributed by atoms with Gasteiger partial charge in [-0.3, -0.25) is 9.59 Å². The third-order valence-electron chi connectivity index (χ3n) is 5.86. The number of carbonyl (C=O) groups is 2. The van der Waals surface area contributed by atoms with Gasteiger partial charge in [0.25, 0.3) is 5.91 Å². The van der Waals surface area contributed by atoms with E-state index in [1.165, 1.54) is 6.20 Å². The van der Waals surface area contributed by atoms with Crippen molar-refractivity contribution in [3.8, 4) is 0 Å². The van der Waals surface area contributed by atoms with Gasteiger partial charge in [0.15, 0.2) is 0 Å². The van der Waals surface area contributed by atoms with Gasteiger partial charge < -0.3 is 21.7 Å². The number of benzene rings is 1. The fraction of sp³-hybridized carbons (Fsp3) is 0.381. The molecule has 0 saturated carbocycles. The summed E-state index contributed by atoms with van der Waals surface area (Å²) in [7, 11) is 0. The molecule has 1 aromatic heterocycles. The largest absolute Gasteiger partial charge is 0.399 e. The molecule has 0 radical (unpaired) electrons. The number of carbonyl (C=O) groups excluding carboxylic acids is 2. The molecule has 3 atom stereocenters. The van der Waals surface area contributed by atoms with Gasteiger partial charge in [0, 0.05) is 35.6 Å². The van der Waals surface area contributed by atoms with Crippen LogP contribution in [0, 0.1) is 6.92 Å². The average Bonchev–Trinajstić information content (AvgIpc) is 2.92. The maximum atomic E-state index is 12.7. The number of rotatable bonds is 4. The molecule has 2 fully saturated rings. The number of hydrogen-bond acceptors (Lipinski definition) is 5. The van der Waals surface area contributed by atoms with Gasteiger partial charge in [-0.25, -0.2) is 4.98 Å². The Morgan fingerprint density at radius 3 is 2.43 bits per heavy atom. The molecule has 1 aromatic carbocycles. The minimum atomic E-state index is -0.471. The second kappa shape index (κ2) is 7.14. The van der Waals surface area contributed by atoms with Crippen LogP contribution >= 0.6 is 0 Å². The lowest BCUT2D eigenvalue weighted by Gasteiger charge is -2.40. The van der Waals surface area contributed by atoms with E-state index in [9.17, 15) is 9.59 Å². The molecule has 2 aliphatic heterocycles. The van der Waals surface area contributed by atoms with Gasteiger partial charge >= 0.3 is 0 Å². The van der Waals surface area contributed by atoms with E-state index in [1.807, 2.05) is 19.1 Å². The summed E-state index contributed by atoms with van der Waals surface area (Å²) in [5.41, 5.74) is 13.7. The molecule has 2 aliphatic rings. The first-order valence-electron chi connectivity index (χ1n) is 9.63. The molecule has 2 bridgehead atoms. The van der Waals surface area contributed by atoms with Crippen molar-refractivity contribution in [1.82, 2.24) is 10.3 Å². The van der Waals surface area contributed by atoms with E-state index < -0.39 is 5.91 Å². The Hall–Kier alpha value is -3.09. The number of nitrogens with one attached hydrogen (secondary N) is 1. The molecule has 7 nitrogen and oxygen atoms in total. The molecule has 28 heavy (non-hydrogen) atoms. The van der Waals surface area contributed by atoms with Crippen molar-refractivity contribution >= 4 is 23.3 Å². The molecule has 7 heteroatoms. The molecule has 1 unspecified atom stereocenters. The lowest BCUT2D eigenvalue weighted by Crippen LogP contribution is -2.50. The number of nitrogens with two attached hydrogens (primary N) is 2. The number of amides is 2. The highest BCUT2D eigenvalue weighted by Crippen LogP contribution is 2.38. The first-order valence-corrected chi connectivity index (χ1v) is 9.63. The fourth-order valence-corrected chi connectivity index (χ4v) is 4.56. The predicted molar refractivity (Wildman–Crippen MR) is 108 cm³/mol. The number of anilines is 2. The van der Waals surface area contributed by atoms with Crippen molar-refractivity contribution in [2.75, 3.05) is 10.6 Å². The number of nitrogen functional groups attached to an aromatic ring is 1. The van der Waals surface area contributed by atoms with Crippen LogP contribution in [0.25, 0.3) is 0 Å². The SMILES string of the molecule is Cc1cc(N)ccc1C(=O)NC1C[C@H]2CC[C@@H](C1)N2c1ccc(C(N)=O)cn1. The first kappa shape index (κ1) is 18.3. The Morgan fingerprint density at radius 1 is 1.14 bits per heavy atom. The van der Waals surface area contributed by atoms with Gasteiger partial charge in [0.05, 0.1) is 5.56 Å². The Labute approximate surface area is 164 Å². The summed E-state index contributed by atoms with van der Waals surface area (Å²) in [6.45, 7) is 1.90. The van der Waals surface area contributed by atoms with Crippen LogP contribution in [0.3, 0.4) is 0 Å². The Balaban J connectivity index is 1.45. The number of pyridine rings is 1. The summed E-state index contributed by atoms with van der Waals surface area (Å²) in [6, 6.07) is 9.77. The molecule has 146 valence electrons. The second-order valence-electron chi connectivity index (χ2n) is 7.78. The van der Waals surface area contributed by atoms with Crippen LogP contribution in [0.1, 0.15) is 52.0 Å². The Kier molecular flexibility index (Phi) is 4.66. The first-order chi connectivity index (χ1) is 13.4. The number of nitrogens with zero attached hydrogens (tertiary/aromatic N) is 2. The van der Waals surface area contributed by atoms with Crippen molar-refractivity contribution in [1.29, 1.82) is 0 Å². The highest BCUT2D eigenvalue weighted by atomic mass is 16.2. The van der Waals surface area contributed by atoms with E-state index >= 15 is 0 Å². The van der Waals surface area contributed by atoms with E-state index in [-0.39, 0.29) is 11.9 Å². The number of hydrogen-bond donors (Lipinski definition) is 3. The lowest BCUT2D eigenvalue weighted by molar-refractivity contribution is 0.0925. The molecule has 2 amide bonds. The lowest BCUT2D eigenvalue weighted by atomic mass is 9.96. The number of piperidine rings is 1. The van der Waals surface area contributed by atoms with Crippen molar-refractivity contribution in [3.63, 3.8) is 0 Å². The molecule has 2 aromatic rings. The Morgan fingerprint density at radius 2 is 1.86 bits per heavy atom. The molecule has 4 rings (SSSR count). The highest BCUT2D eigenvalue weighted by Gasteiger charge is 2.41. The average molecular weight is 379 g/mol. The minimum Gasteiger partial charge on any atom is -0.399 e. The quantitative estimate of drug-likeness (QED) is 0.703. The van der Waals surface area contributed by atoms with E-state index in [2.05, 4.69) is 15.2 Å². The Bertz CT molecular complexity index is 898. The van der Waals surface area contributed by atoms with Crippen LogP contribution in [0.15, 0.2) is 36.5 Å². The van der Waals surface area contributed by atoms with E-state index in [1.54, 1.807) is 18.2 Å². The van der Waals surface area contributed by atoms with E-state index in [0.717, 1.165) is 37.1 Å². The monoisotopic (exact) mass is 379 g/mol. The van der Waals surface area contributed by atoms with Crippen molar-refractivity contribution in [2.24, 2.45) is 5.73 Å². The summed E-state index contributed by atoms with van der Waals surface area (Å²) in [6.07, 6.45) is 5.47. The molecule has 0 aliphatic carbocycles. The van der Waals surface area contributed by atoms with Crippen LogP contribution in [-0.2, 0) is 0 Å². The van der Waals surface area contributed by atoms with Gasteiger partial charge in [-0.1, -0.05) is 0 Å². The maximum absolute atomic E-state index is 12.7. The van der Waals surface area contributed by atoms with E-state index in [0.29, 0.717) is 28.9 Å². The summed E-state index contributed by atoms with van der Waals surface area (Å²) < 4.78 is 0. The summed E-state index contributed by atoms with van der Waals surface area (Å²) in [5.74, 6) is 0.359. The topological polar surface area (TPSA) is 114 Å². The molecular formula is C21H25N5O2. The van der Waals surface area contributed by atoms with Crippen molar-refractivity contribution in [3.05, 3.63) is 53.2 Å². The molecule has 0 spiro atoms. The molecular weight excluding hydrogens is 354 g/mol. The maximum Gasteiger partial charge on any atom is 0.251 e. The van der Waals surface area contributed by atoms with Crippen molar-refractivity contribution in [2.45, 2.75) is 50.7 Å². The van der Waals surface area contributed by atoms with Gasteiger partial charge in [-0.2, -0.15) is 0 Å². The highest BCUT2D eigenvalue weighted by molar-refractivity contribution is 5.96. The van der Waals surface area contributed by atoms with Gasteiger partial charge in [0.1, 0.15) is 5.82 Å². The zero-order valence-corrected chi connectivity index (χ0v) is 15.9. The third kappa shape index (κ3) is 3.40. The van der Waals surface area contributed by atoms with Crippen LogP contribution < -0.4 is 21.7 Å². The van der Waals surface area contributed by atoms with Gasteiger partial charge in [-0.05, 0) is 68.5 Å².